The summed E-state index contributed by atoms with van der Waals surface area (Å²) < 4.78 is 73.7. The van der Waals surface area contributed by atoms with Crippen LogP contribution in [-0.4, -0.2) is 11.8 Å². The predicted molar refractivity (Wildman–Crippen MR) is 85.8 cm³/mol. The molecular formula is C17H14ClF6NO. The molecule has 0 bridgehead atoms. The van der Waals surface area contributed by atoms with Crippen LogP contribution < -0.4 is 5.73 Å². The van der Waals surface area contributed by atoms with Gasteiger partial charge >= 0.3 is 12.4 Å². The fourth-order valence-electron chi connectivity index (χ4n) is 1.88. The number of halogens is 7. The molecule has 0 spiro atoms. The van der Waals surface area contributed by atoms with Crippen LogP contribution in [0.3, 0.4) is 0 Å². The first kappa shape index (κ1) is 22.0. The van der Waals surface area contributed by atoms with E-state index < -0.39 is 34.3 Å². The van der Waals surface area contributed by atoms with Gasteiger partial charge < -0.3 is 5.73 Å². The third kappa shape index (κ3) is 7.05. The lowest BCUT2D eigenvalue weighted by Crippen LogP contribution is -2.12. The Morgan fingerprint density at radius 1 is 0.885 bits per heavy atom. The molecule has 2 nitrogen and oxygen atoms in total. The second-order valence-electron chi connectivity index (χ2n) is 5.09. The Labute approximate surface area is 150 Å². The number of hydrogen-bond acceptors (Lipinski definition) is 2. The predicted octanol–water partition coefficient (Wildman–Crippen LogP) is 5.29. The van der Waals surface area contributed by atoms with Crippen molar-refractivity contribution in [3.8, 4) is 0 Å². The molecule has 0 saturated heterocycles. The van der Waals surface area contributed by atoms with Gasteiger partial charge in [-0.05, 0) is 48.3 Å². The Kier molecular flexibility index (Phi) is 7.65. The van der Waals surface area contributed by atoms with Gasteiger partial charge in [0.2, 0.25) is 0 Å². The quantitative estimate of drug-likeness (QED) is 0.565. The van der Waals surface area contributed by atoms with Gasteiger partial charge in [-0.15, -0.1) is 0 Å². The molecule has 0 saturated carbocycles. The van der Waals surface area contributed by atoms with Crippen LogP contribution in [0.5, 0.6) is 0 Å². The van der Waals surface area contributed by atoms with E-state index in [9.17, 15) is 31.1 Å². The van der Waals surface area contributed by atoms with Crippen LogP contribution in [-0.2, 0) is 18.8 Å². The highest BCUT2D eigenvalue weighted by Crippen LogP contribution is 2.36. The van der Waals surface area contributed by atoms with Crippen LogP contribution in [0.2, 0.25) is 0 Å². The molecule has 2 aromatic carbocycles. The number of rotatable bonds is 3. The first-order valence-corrected chi connectivity index (χ1v) is 7.56. The molecular weight excluding hydrogens is 384 g/mol. The highest BCUT2D eigenvalue weighted by molar-refractivity contribution is 6.67. The highest BCUT2D eigenvalue weighted by atomic mass is 35.5. The highest BCUT2D eigenvalue weighted by Gasteiger charge is 2.37. The third-order valence-corrected chi connectivity index (χ3v) is 3.31. The summed E-state index contributed by atoms with van der Waals surface area (Å²) in [5.41, 5.74) is 2.68. The maximum atomic E-state index is 12.3. The monoisotopic (exact) mass is 397 g/mol. The molecule has 9 heteroatoms. The van der Waals surface area contributed by atoms with Crippen LogP contribution in [0.4, 0.5) is 26.3 Å². The van der Waals surface area contributed by atoms with Gasteiger partial charge in [-0.2, -0.15) is 26.3 Å². The summed E-state index contributed by atoms with van der Waals surface area (Å²) in [5.74, 6) is 0. The zero-order valence-corrected chi connectivity index (χ0v) is 13.9. The molecule has 0 aliphatic rings. The second kappa shape index (κ2) is 9.05. The average molecular weight is 398 g/mol. The van der Waals surface area contributed by atoms with Crippen molar-refractivity contribution < 1.29 is 31.1 Å². The Bertz CT molecular complexity index is 696. The lowest BCUT2D eigenvalue weighted by Gasteiger charge is -2.12. The SMILES string of the molecule is NCCc1ccccc1.O=C(Cl)c1cc(C(F)(F)F)cc(C(F)(F)F)c1. The first-order chi connectivity index (χ1) is 11.9. The van der Waals surface area contributed by atoms with Crippen LogP contribution in [0, 0.1) is 0 Å². The van der Waals surface area contributed by atoms with Gasteiger partial charge in [0.15, 0.2) is 0 Å². The molecule has 2 aromatic rings. The normalized spacial score (nSPS) is 11.5. The zero-order chi connectivity index (χ0) is 20.0. The molecule has 0 aromatic heterocycles. The summed E-state index contributed by atoms with van der Waals surface area (Å²) in [6, 6.07) is 10.7. The fourth-order valence-corrected chi connectivity index (χ4v) is 1.99. The summed E-state index contributed by atoms with van der Waals surface area (Å²) in [5, 5.41) is -1.39. The Morgan fingerprint density at radius 3 is 1.69 bits per heavy atom. The van der Waals surface area contributed by atoms with Crippen molar-refractivity contribution in [2.75, 3.05) is 6.54 Å². The van der Waals surface area contributed by atoms with Gasteiger partial charge in [-0.3, -0.25) is 4.79 Å². The van der Waals surface area contributed by atoms with E-state index in [0.29, 0.717) is 0 Å². The van der Waals surface area contributed by atoms with Crippen LogP contribution in [0.15, 0.2) is 48.5 Å². The van der Waals surface area contributed by atoms with Crippen LogP contribution in [0.25, 0.3) is 0 Å². The van der Waals surface area contributed by atoms with Gasteiger partial charge in [-0.1, -0.05) is 30.3 Å². The van der Waals surface area contributed by atoms with E-state index in [1.54, 1.807) is 0 Å². The molecule has 0 aliphatic heterocycles. The van der Waals surface area contributed by atoms with Crippen molar-refractivity contribution >= 4 is 16.8 Å². The molecule has 0 radical (unpaired) electrons. The minimum absolute atomic E-state index is 0.0800. The standard InChI is InChI=1S/C9H3ClF6O.C8H11N/c10-7(17)4-1-5(8(11,12)13)3-6(2-4)9(14,15)16;9-7-6-8-4-2-1-3-5-8/h1-3H;1-5H,6-7,9H2. The lowest BCUT2D eigenvalue weighted by atomic mass is 10.1. The van der Waals surface area contributed by atoms with Crippen molar-refractivity contribution in [1.82, 2.24) is 0 Å². The molecule has 2 rings (SSSR count). The average Bonchev–Trinajstić information content (AvgIpc) is 2.54. The summed E-state index contributed by atoms with van der Waals surface area (Å²) >= 11 is 4.87. The maximum Gasteiger partial charge on any atom is 0.416 e. The molecule has 0 fully saturated rings. The number of carbonyl (C=O) groups excluding carboxylic acids is 1. The van der Waals surface area contributed by atoms with E-state index in [0.717, 1.165) is 13.0 Å². The van der Waals surface area contributed by atoms with E-state index in [-0.39, 0.29) is 18.2 Å². The Morgan fingerprint density at radius 2 is 1.35 bits per heavy atom. The molecule has 26 heavy (non-hydrogen) atoms. The van der Waals surface area contributed by atoms with E-state index in [4.69, 9.17) is 17.3 Å². The zero-order valence-electron chi connectivity index (χ0n) is 13.2. The van der Waals surface area contributed by atoms with Gasteiger partial charge in [0.1, 0.15) is 0 Å². The largest absolute Gasteiger partial charge is 0.416 e. The van der Waals surface area contributed by atoms with Crippen molar-refractivity contribution in [3.05, 3.63) is 70.8 Å². The second-order valence-corrected chi connectivity index (χ2v) is 5.44. The lowest BCUT2D eigenvalue weighted by molar-refractivity contribution is -0.143. The van der Waals surface area contributed by atoms with Crippen LogP contribution in [0.1, 0.15) is 27.0 Å². The van der Waals surface area contributed by atoms with Crippen LogP contribution >= 0.6 is 11.6 Å². The number of benzene rings is 2. The third-order valence-electron chi connectivity index (χ3n) is 3.09. The fraction of sp³-hybridized carbons (Fsp3) is 0.235. The van der Waals surface area contributed by atoms with Crippen molar-refractivity contribution in [1.29, 1.82) is 0 Å². The Balaban J connectivity index is 0.000000314. The molecule has 0 unspecified atom stereocenters. The van der Waals surface area contributed by atoms with Gasteiger partial charge in [0.25, 0.3) is 5.24 Å². The van der Waals surface area contributed by atoms with Crippen molar-refractivity contribution in [2.45, 2.75) is 18.8 Å². The molecule has 0 amide bonds. The van der Waals surface area contributed by atoms with Gasteiger partial charge in [0.05, 0.1) is 11.1 Å². The molecule has 142 valence electrons. The molecule has 2 N–H and O–H groups in total. The van der Waals surface area contributed by atoms with Crippen molar-refractivity contribution in [3.63, 3.8) is 0 Å². The summed E-state index contributed by atoms with van der Waals surface area (Å²) in [6.07, 6.45) is -8.98. The minimum atomic E-state index is -4.98. The summed E-state index contributed by atoms with van der Waals surface area (Å²) in [7, 11) is 0. The summed E-state index contributed by atoms with van der Waals surface area (Å²) in [6.45, 7) is 0.740. The van der Waals surface area contributed by atoms with E-state index >= 15 is 0 Å². The summed E-state index contributed by atoms with van der Waals surface area (Å²) in [4.78, 5) is 10.6. The minimum Gasteiger partial charge on any atom is -0.330 e. The smallest absolute Gasteiger partial charge is 0.330 e. The van der Waals surface area contributed by atoms with E-state index in [1.165, 1.54) is 5.56 Å². The number of carbonyl (C=O) groups is 1. The van der Waals surface area contributed by atoms with E-state index in [2.05, 4.69) is 12.1 Å². The Hall–Kier alpha value is -2.06. The van der Waals surface area contributed by atoms with Gasteiger partial charge in [-0.25, -0.2) is 0 Å². The van der Waals surface area contributed by atoms with Crippen molar-refractivity contribution in [2.24, 2.45) is 5.73 Å². The molecule has 0 heterocycles. The molecule has 0 atom stereocenters. The first-order valence-electron chi connectivity index (χ1n) is 7.18. The topological polar surface area (TPSA) is 43.1 Å². The maximum absolute atomic E-state index is 12.3. The number of alkyl halides is 6. The molecule has 0 aliphatic carbocycles. The number of nitrogens with two attached hydrogens (primary N) is 1. The number of hydrogen-bond donors (Lipinski definition) is 1. The van der Waals surface area contributed by atoms with E-state index in [1.807, 2.05) is 18.2 Å². The van der Waals surface area contributed by atoms with Gasteiger partial charge in [0, 0.05) is 5.56 Å².